The molecule has 1 heteroatoms. The second-order valence-corrected chi connectivity index (χ2v) is 19.1. The number of hydrogen-bond acceptors (Lipinski definition) is 1. The number of anilines is 3. The molecule has 7 aromatic rings. The van der Waals surface area contributed by atoms with Crippen LogP contribution >= 0.6 is 0 Å². The zero-order valence-corrected chi connectivity index (χ0v) is 33.9. The topological polar surface area (TPSA) is 3.24 Å². The van der Waals surface area contributed by atoms with Gasteiger partial charge in [-0.05, 0) is 178 Å². The van der Waals surface area contributed by atoms with Crippen LogP contribution in [0, 0.1) is 23.7 Å². The van der Waals surface area contributed by atoms with Gasteiger partial charge in [0.1, 0.15) is 0 Å². The van der Waals surface area contributed by atoms with E-state index in [0.29, 0.717) is 11.8 Å². The summed E-state index contributed by atoms with van der Waals surface area (Å²) < 4.78 is 0. The van der Waals surface area contributed by atoms with E-state index in [1.165, 1.54) is 101 Å². The first-order valence-electron chi connectivity index (χ1n) is 22.7. The molecule has 2 bridgehead atoms. The quantitative estimate of drug-likeness (QED) is 0.146. The lowest BCUT2D eigenvalue weighted by molar-refractivity contribution is 0.347. The lowest BCUT2D eigenvalue weighted by Crippen LogP contribution is -2.34. The average molecular weight is 762 g/mol. The van der Waals surface area contributed by atoms with Crippen LogP contribution in [0.2, 0.25) is 0 Å². The van der Waals surface area contributed by atoms with Gasteiger partial charge in [-0.3, -0.25) is 0 Å². The summed E-state index contributed by atoms with van der Waals surface area (Å²) in [7, 11) is 0. The summed E-state index contributed by atoms with van der Waals surface area (Å²) in [5.74, 6) is 3.90. The number of benzene rings is 7. The van der Waals surface area contributed by atoms with E-state index in [1.54, 1.807) is 27.8 Å². The molecule has 0 N–H and O–H groups in total. The number of nitrogens with zero attached hydrogens (tertiary/aromatic N) is 1. The van der Waals surface area contributed by atoms with Crippen LogP contribution in [0.3, 0.4) is 0 Å². The van der Waals surface area contributed by atoms with Crippen molar-refractivity contribution in [3.05, 3.63) is 219 Å². The molecule has 3 fully saturated rings. The number of fused-ring (bicyclic) bond motifs is 7. The molecular formula is C58H51N. The molecule has 288 valence electrons. The van der Waals surface area contributed by atoms with E-state index in [-0.39, 0.29) is 11.3 Å². The highest BCUT2D eigenvalue weighted by atomic mass is 15.1. The lowest BCUT2D eigenvalue weighted by atomic mass is 9.66. The molecule has 0 saturated heterocycles. The maximum absolute atomic E-state index is 2.69. The van der Waals surface area contributed by atoms with Gasteiger partial charge in [0.15, 0.2) is 0 Å². The molecule has 0 radical (unpaired) electrons. The fourth-order valence-electron chi connectivity index (χ4n) is 14.2. The fraction of sp³-hybridized carbons (Fsp3) is 0.276. The maximum atomic E-state index is 2.69. The molecule has 13 rings (SSSR count). The molecule has 59 heavy (non-hydrogen) atoms. The zero-order chi connectivity index (χ0) is 38.7. The Morgan fingerprint density at radius 2 is 1.14 bits per heavy atom. The van der Waals surface area contributed by atoms with E-state index in [4.69, 9.17) is 0 Å². The standard InChI is InChI=1S/C58H51N/c1-3-11-39(12-4-1)55(40-13-5-2-6-14-40)52-19-9-16-43-34-46-25-26-47-35-44-17-10-20-54(57(44)58(46,47)56(43)52)59(48-27-23-38(24-28-48)53-32-37-21-22-42(53)31-37)49-29-30-51-45(36-49)33-41-15-7-8-18-50(41)51/h1-20,23-24,27-30,36-37,42,46-47,53,55H,21-22,25-26,31-35H2. The lowest BCUT2D eigenvalue weighted by Gasteiger charge is -2.39. The molecule has 0 aromatic heterocycles. The van der Waals surface area contributed by atoms with E-state index in [1.807, 2.05) is 0 Å². The Hall–Kier alpha value is -5.66. The van der Waals surface area contributed by atoms with Crippen molar-refractivity contribution in [2.24, 2.45) is 23.7 Å². The molecule has 0 aliphatic heterocycles. The SMILES string of the molecule is c1ccc(C(c2ccccc2)c2cccc3c2C24c5c(cccc5N(c5ccc(C6CC7CCC6C7)cc5)c5ccc6c(c5)Cc5ccccc5-6)CC2CCC4C3)cc1. The van der Waals surface area contributed by atoms with Crippen LogP contribution in [0.4, 0.5) is 17.1 Å². The minimum Gasteiger partial charge on any atom is -0.310 e. The minimum absolute atomic E-state index is 0.0338. The molecule has 1 nitrogen and oxygen atoms in total. The Balaban J connectivity index is 1.02. The van der Waals surface area contributed by atoms with Crippen LogP contribution in [0.25, 0.3) is 11.1 Å². The molecule has 6 aliphatic rings. The summed E-state index contributed by atoms with van der Waals surface area (Å²) >= 11 is 0. The Morgan fingerprint density at radius 1 is 0.492 bits per heavy atom. The van der Waals surface area contributed by atoms with Gasteiger partial charge in [0, 0.05) is 22.7 Å². The Labute approximate surface area is 349 Å². The van der Waals surface area contributed by atoms with Gasteiger partial charge in [0.05, 0.1) is 5.69 Å². The third-order valence-electron chi connectivity index (χ3n) is 16.4. The van der Waals surface area contributed by atoms with Gasteiger partial charge in [0.25, 0.3) is 0 Å². The molecule has 3 saturated carbocycles. The van der Waals surface area contributed by atoms with Gasteiger partial charge < -0.3 is 4.90 Å². The predicted molar refractivity (Wildman–Crippen MR) is 242 cm³/mol. The van der Waals surface area contributed by atoms with Crippen molar-refractivity contribution < 1.29 is 0 Å². The smallest absolute Gasteiger partial charge is 0.0505 e. The van der Waals surface area contributed by atoms with Crippen molar-refractivity contribution in [3.63, 3.8) is 0 Å². The summed E-state index contributed by atoms with van der Waals surface area (Å²) in [4.78, 5) is 2.69. The van der Waals surface area contributed by atoms with Crippen LogP contribution in [0.5, 0.6) is 0 Å². The molecule has 0 amide bonds. The molecule has 6 atom stereocenters. The first-order chi connectivity index (χ1) is 29.2. The highest BCUT2D eigenvalue weighted by Gasteiger charge is 2.62. The predicted octanol–water partition coefficient (Wildman–Crippen LogP) is 14.2. The first kappa shape index (κ1) is 34.2. The van der Waals surface area contributed by atoms with Crippen molar-refractivity contribution in [1.29, 1.82) is 0 Å². The molecule has 1 spiro atoms. The summed E-state index contributed by atoms with van der Waals surface area (Å²) in [6.07, 6.45) is 11.6. The van der Waals surface area contributed by atoms with Crippen molar-refractivity contribution in [1.82, 2.24) is 0 Å². The highest BCUT2D eigenvalue weighted by Crippen LogP contribution is 2.68. The van der Waals surface area contributed by atoms with E-state index in [2.05, 4.69) is 169 Å². The van der Waals surface area contributed by atoms with Crippen LogP contribution in [0.15, 0.2) is 164 Å². The van der Waals surface area contributed by atoms with Crippen molar-refractivity contribution in [2.75, 3.05) is 4.90 Å². The Bertz CT molecular complexity index is 2700. The van der Waals surface area contributed by atoms with Crippen LogP contribution < -0.4 is 4.90 Å². The van der Waals surface area contributed by atoms with Gasteiger partial charge in [-0.25, -0.2) is 0 Å². The molecule has 7 aromatic carbocycles. The van der Waals surface area contributed by atoms with Crippen LogP contribution in [-0.2, 0) is 24.7 Å². The Morgan fingerprint density at radius 3 is 1.85 bits per heavy atom. The second kappa shape index (κ2) is 13.2. The number of hydrogen-bond donors (Lipinski definition) is 0. The minimum atomic E-state index is -0.0338. The average Bonchev–Trinajstić information content (AvgIpc) is 4.15. The van der Waals surface area contributed by atoms with Gasteiger partial charge in [-0.2, -0.15) is 0 Å². The van der Waals surface area contributed by atoms with Gasteiger partial charge in [-0.1, -0.05) is 140 Å². The fourth-order valence-corrected chi connectivity index (χ4v) is 14.2. The van der Waals surface area contributed by atoms with E-state index in [9.17, 15) is 0 Å². The summed E-state index contributed by atoms with van der Waals surface area (Å²) in [6.45, 7) is 0. The summed E-state index contributed by atoms with van der Waals surface area (Å²) in [5.41, 5.74) is 21.8. The monoisotopic (exact) mass is 761 g/mol. The molecule has 6 aliphatic carbocycles. The van der Waals surface area contributed by atoms with E-state index >= 15 is 0 Å². The third-order valence-corrected chi connectivity index (χ3v) is 16.4. The molecule has 6 unspecified atom stereocenters. The van der Waals surface area contributed by atoms with Gasteiger partial charge in [0.2, 0.25) is 0 Å². The largest absolute Gasteiger partial charge is 0.310 e. The normalized spacial score (nSPS) is 25.1. The first-order valence-corrected chi connectivity index (χ1v) is 22.7. The second-order valence-electron chi connectivity index (χ2n) is 19.1. The molecular weight excluding hydrogens is 711 g/mol. The van der Waals surface area contributed by atoms with Crippen molar-refractivity contribution >= 4 is 17.1 Å². The van der Waals surface area contributed by atoms with Crippen molar-refractivity contribution in [2.45, 2.75) is 75.0 Å². The van der Waals surface area contributed by atoms with E-state index < -0.39 is 0 Å². The summed E-state index contributed by atoms with van der Waals surface area (Å²) in [5, 5.41) is 0. The van der Waals surface area contributed by atoms with Gasteiger partial charge >= 0.3 is 0 Å². The van der Waals surface area contributed by atoms with Gasteiger partial charge in [-0.15, -0.1) is 0 Å². The third kappa shape index (κ3) is 5.03. The van der Waals surface area contributed by atoms with Crippen LogP contribution in [0.1, 0.15) is 106 Å². The highest BCUT2D eigenvalue weighted by molar-refractivity contribution is 5.86. The number of rotatable bonds is 7. The molecule has 0 heterocycles. The van der Waals surface area contributed by atoms with Crippen molar-refractivity contribution in [3.8, 4) is 11.1 Å². The maximum Gasteiger partial charge on any atom is 0.0505 e. The summed E-state index contributed by atoms with van der Waals surface area (Å²) in [6, 6.07) is 63.8. The zero-order valence-electron chi connectivity index (χ0n) is 33.9. The van der Waals surface area contributed by atoms with E-state index in [0.717, 1.165) is 30.6 Å². The van der Waals surface area contributed by atoms with Crippen LogP contribution in [-0.4, -0.2) is 0 Å². The Kier molecular flexibility index (Phi) is 7.64.